The second kappa shape index (κ2) is 6.64. The Morgan fingerprint density at radius 1 is 1.11 bits per heavy atom. The monoisotopic (exact) mass is 250 g/mol. The molecule has 98 valence electrons. The van der Waals surface area contributed by atoms with E-state index < -0.39 is 6.09 Å². The van der Waals surface area contributed by atoms with Crippen molar-refractivity contribution in [1.82, 2.24) is 0 Å². The Bertz CT molecular complexity index is 413. The van der Waals surface area contributed by atoms with Crippen molar-refractivity contribution < 1.29 is 14.3 Å². The fourth-order valence-corrected chi connectivity index (χ4v) is 1.21. The number of benzene rings is 1. The summed E-state index contributed by atoms with van der Waals surface area (Å²) in [4.78, 5) is 22.6. The summed E-state index contributed by atoms with van der Waals surface area (Å²) in [6.07, 6.45) is -0.489. The molecule has 0 aliphatic carbocycles. The second-order valence-electron chi connectivity index (χ2n) is 4.07. The minimum Gasteiger partial charge on any atom is -0.450 e. The first-order chi connectivity index (χ1) is 8.52. The molecule has 5 nitrogen and oxygen atoms in total. The zero-order chi connectivity index (χ0) is 13.5. The predicted molar refractivity (Wildman–Crippen MR) is 70.6 cm³/mol. The van der Waals surface area contributed by atoms with Gasteiger partial charge in [-0.25, -0.2) is 4.79 Å². The second-order valence-corrected chi connectivity index (χ2v) is 4.07. The maximum Gasteiger partial charge on any atom is 0.411 e. The summed E-state index contributed by atoms with van der Waals surface area (Å²) >= 11 is 0. The van der Waals surface area contributed by atoms with Crippen LogP contribution in [-0.4, -0.2) is 18.6 Å². The number of anilines is 2. The Labute approximate surface area is 107 Å². The van der Waals surface area contributed by atoms with Gasteiger partial charge in [-0.3, -0.25) is 10.1 Å². The molecule has 0 bridgehead atoms. The zero-order valence-corrected chi connectivity index (χ0v) is 10.8. The van der Waals surface area contributed by atoms with Gasteiger partial charge in [-0.15, -0.1) is 0 Å². The largest absolute Gasteiger partial charge is 0.450 e. The molecule has 1 aromatic carbocycles. The molecule has 2 amide bonds. The highest BCUT2D eigenvalue weighted by Gasteiger charge is 2.07. The van der Waals surface area contributed by atoms with E-state index in [4.69, 9.17) is 4.74 Å². The standard InChI is InChI=1S/C13H18N2O3/c1-4-18-13(17)15-11-7-5-10(6-8-11)14-12(16)9(2)3/h5-9H,4H2,1-3H3,(H,14,16)(H,15,17). The molecule has 1 rings (SSSR count). The van der Waals surface area contributed by atoms with Gasteiger partial charge in [-0.2, -0.15) is 0 Å². The summed E-state index contributed by atoms with van der Waals surface area (Å²) in [6.45, 7) is 5.72. The van der Waals surface area contributed by atoms with Crippen LogP contribution in [0.1, 0.15) is 20.8 Å². The van der Waals surface area contributed by atoms with E-state index in [-0.39, 0.29) is 11.8 Å². The highest BCUT2D eigenvalue weighted by atomic mass is 16.5. The average Bonchev–Trinajstić information content (AvgIpc) is 2.31. The molecule has 0 atom stereocenters. The third-order valence-electron chi connectivity index (χ3n) is 2.20. The van der Waals surface area contributed by atoms with Gasteiger partial charge in [0.25, 0.3) is 0 Å². The van der Waals surface area contributed by atoms with Gasteiger partial charge in [-0.1, -0.05) is 13.8 Å². The van der Waals surface area contributed by atoms with Gasteiger partial charge in [0.15, 0.2) is 0 Å². The zero-order valence-electron chi connectivity index (χ0n) is 10.8. The highest BCUT2D eigenvalue weighted by Crippen LogP contribution is 2.14. The van der Waals surface area contributed by atoms with Gasteiger partial charge in [0.2, 0.25) is 5.91 Å². The van der Waals surface area contributed by atoms with Crippen LogP contribution in [0.25, 0.3) is 0 Å². The fourth-order valence-electron chi connectivity index (χ4n) is 1.21. The summed E-state index contributed by atoms with van der Waals surface area (Å²) in [7, 11) is 0. The summed E-state index contributed by atoms with van der Waals surface area (Å²) in [5, 5.41) is 5.34. The lowest BCUT2D eigenvalue weighted by atomic mass is 10.2. The molecule has 0 aromatic heterocycles. The number of rotatable bonds is 4. The van der Waals surface area contributed by atoms with E-state index in [1.165, 1.54) is 0 Å². The van der Waals surface area contributed by atoms with E-state index in [9.17, 15) is 9.59 Å². The lowest BCUT2D eigenvalue weighted by Crippen LogP contribution is -2.17. The molecule has 0 radical (unpaired) electrons. The van der Waals surface area contributed by atoms with Gasteiger partial charge >= 0.3 is 6.09 Å². The lowest BCUT2D eigenvalue weighted by molar-refractivity contribution is -0.118. The Hall–Kier alpha value is -2.04. The van der Waals surface area contributed by atoms with Crippen LogP contribution >= 0.6 is 0 Å². The van der Waals surface area contributed by atoms with Crippen molar-refractivity contribution >= 4 is 23.4 Å². The number of nitrogens with one attached hydrogen (secondary N) is 2. The van der Waals surface area contributed by atoms with Crippen LogP contribution in [0.2, 0.25) is 0 Å². The minimum absolute atomic E-state index is 0.0406. The summed E-state index contributed by atoms with van der Waals surface area (Å²) < 4.78 is 4.75. The Morgan fingerprint density at radius 2 is 1.61 bits per heavy atom. The van der Waals surface area contributed by atoms with Crippen LogP contribution in [0, 0.1) is 5.92 Å². The quantitative estimate of drug-likeness (QED) is 0.863. The van der Waals surface area contributed by atoms with Crippen LogP contribution in [0.3, 0.4) is 0 Å². The number of ether oxygens (including phenoxy) is 1. The van der Waals surface area contributed by atoms with E-state index in [1.54, 1.807) is 31.2 Å². The molecule has 5 heteroatoms. The number of hydrogen-bond acceptors (Lipinski definition) is 3. The SMILES string of the molecule is CCOC(=O)Nc1ccc(NC(=O)C(C)C)cc1. The maximum atomic E-state index is 11.5. The predicted octanol–water partition coefficient (Wildman–Crippen LogP) is 2.85. The van der Waals surface area contributed by atoms with E-state index >= 15 is 0 Å². The average molecular weight is 250 g/mol. The molecule has 1 aromatic rings. The number of hydrogen-bond donors (Lipinski definition) is 2. The van der Waals surface area contributed by atoms with Crippen LogP contribution in [0.5, 0.6) is 0 Å². The Balaban J connectivity index is 2.57. The molecule has 0 unspecified atom stereocenters. The molecular weight excluding hydrogens is 232 g/mol. The van der Waals surface area contributed by atoms with Crippen molar-refractivity contribution in [2.45, 2.75) is 20.8 Å². The van der Waals surface area contributed by atoms with Gasteiger partial charge in [-0.05, 0) is 31.2 Å². The van der Waals surface area contributed by atoms with Gasteiger partial charge in [0.05, 0.1) is 6.61 Å². The van der Waals surface area contributed by atoms with Gasteiger partial charge in [0.1, 0.15) is 0 Å². The molecular formula is C13H18N2O3. The third-order valence-corrected chi connectivity index (χ3v) is 2.20. The fraction of sp³-hybridized carbons (Fsp3) is 0.385. The lowest BCUT2D eigenvalue weighted by Gasteiger charge is -2.09. The summed E-state index contributed by atoms with van der Waals surface area (Å²) in [6, 6.07) is 6.85. The van der Waals surface area contributed by atoms with Crippen molar-refractivity contribution in [3.8, 4) is 0 Å². The molecule has 2 N–H and O–H groups in total. The molecule has 0 saturated heterocycles. The smallest absolute Gasteiger partial charge is 0.411 e. The van der Waals surface area contributed by atoms with Crippen LogP contribution in [0.15, 0.2) is 24.3 Å². The summed E-state index contributed by atoms with van der Waals surface area (Å²) in [5.41, 5.74) is 1.32. The normalized spacial score (nSPS) is 10.0. The minimum atomic E-state index is -0.489. The van der Waals surface area contributed by atoms with Crippen molar-refractivity contribution in [2.75, 3.05) is 17.2 Å². The molecule has 0 heterocycles. The Kier molecular flexibility index (Phi) is 5.17. The molecule has 0 spiro atoms. The molecule has 18 heavy (non-hydrogen) atoms. The number of carbonyl (C=O) groups is 2. The highest BCUT2D eigenvalue weighted by molar-refractivity contribution is 5.92. The van der Waals surface area contributed by atoms with Crippen molar-refractivity contribution in [2.24, 2.45) is 5.92 Å². The van der Waals surface area contributed by atoms with E-state index in [1.807, 2.05) is 13.8 Å². The summed E-state index contributed by atoms with van der Waals surface area (Å²) in [5.74, 6) is -0.108. The third kappa shape index (κ3) is 4.45. The number of carbonyl (C=O) groups excluding carboxylic acids is 2. The van der Waals surface area contributed by atoms with Crippen LogP contribution in [0.4, 0.5) is 16.2 Å². The first-order valence-electron chi connectivity index (χ1n) is 5.87. The van der Waals surface area contributed by atoms with E-state index in [2.05, 4.69) is 10.6 Å². The molecule has 0 aliphatic rings. The molecule has 0 fully saturated rings. The van der Waals surface area contributed by atoms with E-state index in [0.29, 0.717) is 18.0 Å². The topological polar surface area (TPSA) is 67.4 Å². The van der Waals surface area contributed by atoms with Crippen LogP contribution < -0.4 is 10.6 Å². The van der Waals surface area contributed by atoms with Crippen molar-refractivity contribution in [3.63, 3.8) is 0 Å². The Morgan fingerprint density at radius 3 is 2.06 bits per heavy atom. The first kappa shape index (κ1) is 14.0. The first-order valence-corrected chi connectivity index (χ1v) is 5.87. The van der Waals surface area contributed by atoms with Crippen molar-refractivity contribution in [3.05, 3.63) is 24.3 Å². The van der Waals surface area contributed by atoms with Gasteiger partial charge < -0.3 is 10.1 Å². The van der Waals surface area contributed by atoms with Crippen LogP contribution in [-0.2, 0) is 9.53 Å². The van der Waals surface area contributed by atoms with E-state index in [0.717, 1.165) is 0 Å². The maximum absolute atomic E-state index is 11.5. The van der Waals surface area contributed by atoms with Gasteiger partial charge in [0, 0.05) is 17.3 Å². The molecule has 0 aliphatic heterocycles. The number of amides is 2. The van der Waals surface area contributed by atoms with Crippen molar-refractivity contribution in [1.29, 1.82) is 0 Å². The molecule has 0 saturated carbocycles.